The van der Waals surface area contributed by atoms with Crippen LogP contribution in [-0.4, -0.2) is 33.9 Å². The van der Waals surface area contributed by atoms with Crippen LogP contribution >= 0.6 is 0 Å². The van der Waals surface area contributed by atoms with E-state index in [9.17, 15) is 14.3 Å². The molecular formula is C26H24FN3O3. The molecule has 0 saturated carbocycles. The molecule has 0 fully saturated rings. The first-order valence-electron chi connectivity index (χ1n) is 10.6. The number of carbonyl (C=O) groups is 1. The summed E-state index contributed by atoms with van der Waals surface area (Å²) in [5.41, 5.74) is 4.79. The van der Waals surface area contributed by atoms with Gasteiger partial charge in [0, 0.05) is 23.9 Å². The van der Waals surface area contributed by atoms with Crippen molar-refractivity contribution < 1.29 is 19.4 Å². The molecule has 1 aromatic heterocycles. The Labute approximate surface area is 190 Å². The lowest BCUT2D eigenvalue weighted by Gasteiger charge is -2.10. The largest absolute Gasteiger partial charge is 0.494 e. The number of nitrogens with one attached hydrogen (secondary N) is 2. The standard InChI is InChI=1S/C26H24FN3O3/c1-28-15-17-5-9-20(10-6-17)29-25(18-4-2-3-16(13-18)7-12-23(31)32)24-21-11-8-19(27)14-22(21)30-26(24)33/h2-6,8-11,13-14,28,30,33H,7,12,15H2,1H3,(H,31,32). The summed E-state index contributed by atoms with van der Waals surface area (Å²) in [7, 11) is 1.88. The normalized spacial score (nSPS) is 11.8. The first kappa shape index (κ1) is 22.2. The van der Waals surface area contributed by atoms with Gasteiger partial charge in [-0.05, 0) is 61.0 Å². The Morgan fingerprint density at radius 1 is 1.06 bits per heavy atom. The van der Waals surface area contributed by atoms with Gasteiger partial charge in [0.1, 0.15) is 5.82 Å². The maximum Gasteiger partial charge on any atom is 0.303 e. The highest BCUT2D eigenvalue weighted by atomic mass is 19.1. The number of carboxylic acids is 1. The van der Waals surface area contributed by atoms with Gasteiger partial charge in [-0.2, -0.15) is 0 Å². The number of rotatable bonds is 8. The highest BCUT2D eigenvalue weighted by Gasteiger charge is 2.19. The van der Waals surface area contributed by atoms with E-state index in [2.05, 4.69) is 10.3 Å². The molecule has 0 radical (unpaired) electrons. The first-order chi connectivity index (χ1) is 15.9. The van der Waals surface area contributed by atoms with Crippen LogP contribution in [0.2, 0.25) is 0 Å². The van der Waals surface area contributed by atoms with Gasteiger partial charge in [0.2, 0.25) is 0 Å². The van der Waals surface area contributed by atoms with Gasteiger partial charge < -0.3 is 20.5 Å². The molecule has 0 unspecified atom stereocenters. The monoisotopic (exact) mass is 445 g/mol. The lowest BCUT2D eigenvalue weighted by atomic mass is 9.97. The molecule has 3 aromatic carbocycles. The third-order valence-corrected chi connectivity index (χ3v) is 5.36. The second-order valence-electron chi connectivity index (χ2n) is 7.79. The van der Waals surface area contributed by atoms with Crippen molar-refractivity contribution in [3.63, 3.8) is 0 Å². The van der Waals surface area contributed by atoms with E-state index in [0.29, 0.717) is 34.3 Å². The SMILES string of the molecule is CNCc1ccc(N=C(c2cccc(CCC(=O)O)c2)c2c(O)[nH]c3cc(F)ccc23)cc1. The average Bonchev–Trinajstić information content (AvgIpc) is 3.12. The predicted molar refractivity (Wildman–Crippen MR) is 127 cm³/mol. The molecule has 0 atom stereocenters. The van der Waals surface area contributed by atoms with Crippen LogP contribution in [0.3, 0.4) is 0 Å². The third-order valence-electron chi connectivity index (χ3n) is 5.36. The Morgan fingerprint density at radius 2 is 1.85 bits per heavy atom. The molecular weight excluding hydrogens is 421 g/mol. The minimum Gasteiger partial charge on any atom is -0.494 e. The van der Waals surface area contributed by atoms with E-state index in [0.717, 1.165) is 23.2 Å². The predicted octanol–water partition coefficient (Wildman–Crippen LogP) is 4.92. The molecule has 0 aliphatic rings. The summed E-state index contributed by atoms with van der Waals surface area (Å²) in [4.78, 5) is 18.7. The molecule has 0 spiro atoms. The highest BCUT2D eigenvalue weighted by Crippen LogP contribution is 2.32. The number of aromatic amines is 1. The smallest absolute Gasteiger partial charge is 0.303 e. The summed E-state index contributed by atoms with van der Waals surface area (Å²) >= 11 is 0. The number of halogens is 1. The fraction of sp³-hybridized carbons (Fsp3) is 0.154. The number of nitrogens with zero attached hydrogens (tertiary/aromatic N) is 1. The van der Waals surface area contributed by atoms with Crippen LogP contribution in [0.25, 0.3) is 10.9 Å². The maximum atomic E-state index is 13.8. The van der Waals surface area contributed by atoms with Gasteiger partial charge in [0.15, 0.2) is 5.88 Å². The van der Waals surface area contributed by atoms with Crippen LogP contribution < -0.4 is 5.32 Å². The van der Waals surface area contributed by atoms with Gasteiger partial charge in [-0.15, -0.1) is 0 Å². The topological polar surface area (TPSA) is 97.7 Å². The van der Waals surface area contributed by atoms with E-state index in [4.69, 9.17) is 10.1 Å². The number of benzene rings is 3. The second kappa shape index (κ2) is 9.67. The Kier molecular flexibility index (Phi) is 6.51. The molecule has 4 aromatic rings. The molecule has 0 saturated heterocycles. The fourth-order valence-corrected chi connectivity index (χ4v) is 3.81. The molecule has 0 bridgehead atoms. The van der Waals surface area contributed by atoms with Crippen molar-refractivity contribution in [2.45, 2.75) is 19.4 Å². The summed E-state index contributed by atoms with van der Waals surface area (Å²) in [6, 6.07) is 19.4. The zero-order valence-electron chi connectivity index (χ0n) is 18.1. The van der Waals surface area contributed by atoms with Gasteiger partial charge in [-0.1, -0.05) is 30.3 Å². The summed E-state index contributed by atoms with van der Waals surface area (Å²) in [6.07, 6.45) is 0.390. The number of hydrogen-bond donors (Lipinski definition) is 4. The van der Waals surface area contributed by atoms with Crippen LogP contribution in [0, 0.1) is 5.82 Å². The van der Waals surface area contributed by atoms with Crippen LogP contribution in [0.5, 0.6) is 5.88 Å². The molecule has 7 heteroatoms. The zero-order chi connectivity index (χ0) is 23.4. The molecule has 1 heterocycles. The lowest BCUT2D eigenvalue weighted by Crippen LogP contribution is -2.05. The quantitative estimate of drug-likeness (QED) is 0.290. The summed E-state index contributed by atoms with van der Waals surface area (Å²) in [5.74, 6) is -1.39. The summed E-state index contributed by atoms with van der Waals surface area (Å²) in [6.45, 7) is 0.733. The van der Waals surface area contributed by atoms with Gasteiger partial charge >= 0.3 is 5.97 Å². The van der Waals surface area contributed by atoms with Crippen molar-refractivity contribution >= 4 is 28.3 Å². The van der Waals surface area contributed by atoms with Gasteiger partial charge in [-0.25, -0.2) is 9.38 Å². The van der Waals surface area contributed by atoms with E-state index in [-0.39, 0.29) is 12.3 Å². The summed E-state index contributed by atoms with van der Waals surface area (Å²) < 4.78 is 13.8. The molecule has 0 amide bonds. The van der Waals surface area contributed by atoms with Crippen LogP contribution in [-0.2, 0) is 17.8 Å². The maximum absolute atomic E-state index is 13.8. The first-order valence-corrected chi connectivity index (χ1v) is 10.6. The van der Waals surface area contributed by atoms with E-state index in [1.54, 1.807) is 6.07 Å². The van der Waals surface area contributed by atoms with Gasteiger partial charge in [0.05, 0.1) is 22.5 Å². The third kappa shape index (κ3) is 5.10. The number of aromatic hydroxyl groups is 1. The van der Waals surface area contributed by atoms with Crippen LogP contribution in [0.15, 0.2) is 71.7 Å². The highest BCUT2D eigenvalue weighted by molar-refractivity contribution is 6.21. The van der Waals surface area contributed by atoms with Crippen molar-refractivity contribution in [2.24, 2.45) is 4.99 Å². The Hall–Kier alpha value is -3.97. The Balaban J connectivity index is 1.86. The van der Waals surface area contributed by atoms with Crippen molar-refractivity contribution in [1.29, 1.82) is 0 Å². The van der Waals surface area contributed by atoms with E-state index < -0.39 is 11.8 Å². The number of fused-ring (bicyclic) bond motifs is 1. The lowest BCUT2D eigenvalue weighted by molar-refractivity contribution is -0.136. The second-order valence-corrected chi connectivity index (χ2v) is 7.79. The number of aryl methyl sites for hydroxylation is 1. The molecule has 4 N–H and O–H groups in total. The Morgan fingerprint density at radius 3 is 2.58 bits per heavy atom. The number of aliphatic carboxylic acids is 1. The molecule has 168 valence electrons. The van der Waals surface area contributed by atoms with E-state index in [1.165, 1.54) is 12.1 Å². The van der Waals surface area contributed by atoms with Crippen LogP contribution in [0.1, 0.15) is 28.7 Å². The Bertz CT molecular complexity index is 1330. The van der Waals surface area contributed by atoms with Crippen molar-refractivity contribution in [3.8, 4) is 5.88 Å². The molecule has 33 heavy (non-hydrogen) atoms. The van der Waals surface area contributed by atoms with E-state index in [1.807, 2.05) is 55.6 Å². The minimum atomic E-state index is -0.868. The number of hydrogen-bond acceptors (Lipinski definition) is 4. The van der Waals surface area contributed by atoms with Gasteiger partial charge in [0.25, 0.3) is 0 Å². The molecule has 4 rings (SSSR count). The van der Waals surface area contributed by atoms with E-state index >= 15 is 0 Å². The number of aromatic nitrogens is 1. The molecule has 6 nitrogen and oxygen atoms in total. The summed E-state index contributed by atoms with van der Waals surface area (Å²) in [5, 5.41) is 23.5. The van der Waals surface area contributed by atoms with Gasteiger partial charge in [-0.3, -0.25) is 4.79 Å². The number of aliphatic imine (C=N–C) groups is 1. The minimum absolute atomic E-state index is 0.0144. The fourth-order valence-electron chi connectivity index (χ4n) is 3.81. The zero-order valence-corrected chi connectivity index (χ0v) is 18.1. The molecule has 0 aliphatic heterocycles. The van der Waals surface area contributed by atoms with Crippen molar-refractivity contribution in [1.82, 2.24) is 10.3 Å². The average molecular weight is 445 g/mol. The van der Waals surface area contributed by atoms with Crippen molar-refractivity contribution in [2.75, 3.05) is 7.05 Å². The van der Waals surface area contributed by atoms with Crippen molar-refractivity contribution in [3.05, 3.63) is 94.8 Å². The molecule has 0 aliphatic carbocycles. The number of carboxylic acid groups (broad SMARTS) is 1. The number of H-pyrrole nitrogens is 1. The van der Waals surface area contributed by atoms with Crippen LogP contribution in [0.4, 0.5) is 10.1 Å².